The largest absolute Gasteiger partial charge is 0.507 e. The van der Waals surface area contributed by atoms with Crippen molar-refractivity contribution in [1.29, 1.82) is 0 Å². The van der Waals surface area contributed by atoms with Crippen LogP contribution in [0.5, 0.6) is 11.5 Å². The molecule has 0 unspecified atom stereocenters. The number of carbonyl (C=O) groups is 2. The van der Waals surface area contributed by atoms with Crippen molar-refractivity contribution < 1.29 is 24.9 Å². The van der Waals surface area contributed by atoms with Crippen LogP contribution < -0.4 is 0 Å². The molecule has 0 bridgehead atoms. The summed E-state index contributed by atoms with van der Waals surface area (Å²) in [6.45, 7) is 0. The van der Waals surface area contributed by atoms with Crippen molar-refractivity contribution in [3.05, 3.63) is 64.2 Å². The zero-order valence-electron chi connectivity index (χ0n) is 11.2. The normalized spacial score (nSPS) is 10.8. The molecule has 5 nitrogen and oxygen atoms in total. The molecular weight excluding hydrogens is 308 g/mol. The highest BCUT2D eigenvalue weighted by molar-refractivity contribution is 6.30. The zero-order chi connectivity index (χ0) is 16.3. The van der Waals surface area contributed by atoms with Gasteiger partial charge in [0.25, 0.3) is 0 Å². The summed E-state index contributed by atoms with van der Waals surface area (Å²) in [5.41, 5.74) is 0.0518. The van der Waals surface area contributed by atoms with Crippen molar-refractivity contribution in [1.82, 2.24) is 0 Å². The molecule has 3 N–H and O–H groups in total. The molecule has 112 valence electrons. The van der Waals surface area contributed by atoms with Gasteiger partial charge < -0.3 is 15.3 Å². The Labute approximate surface area is 130 Å². The molecule has 0 aliphatic carbocycles. The van der Waals surface area contributed by atoms with Crippen molar-refractivity contribution in [3.63, 3.8) is 0 Å². The molecule has 0 heterocycles. The Kier molecular flexibility index (Phi) is 4.48. The Morgan fingerprint density at radius 1 is 0.955 bits per heavy atom. The van der Waals surface area contributed by atoms with E-state index in [1.807, 2.05) is 0 Å². The van der Waals surface area contributed by atoms with Crippen LogP contribution in [0, 0.1) is 0 Å². The summed E-state index contributed by atoms with van der Waals surface area (Å²) >= 11 is 5.75. The molecule has 0 spiro atoms. The molecule has 0 aromatic heterocycles. The molecule has 0 aliphatic rings. The number of hydrogen-bond donors (Lipinski definition) is 3. The lowest BCUT2D eigenvalue weighted by Crippen LogP contribution is -2.02. The number of carboxylic acids is 1. The molecule has 2 aromatic carbocycles. The summed E-state index contributed by atoms with van der Waals surface area (Å²) in [6, 6.07) is 8.48. The van der Waals surface area contributed by atoms with Crippen LogP contribution >= 0.6 is 11.6 Å². The fourth-order valence-electron chi connectivity index (χ4n) is 1.78. The molecule has 6 heteroatoms. The average molecular weight is 319 g/mol. The fourth-order valence-corrected chi connectivity index (χ4v) is 1.91. The van der Waals surface area contributed by atoms with Crippen LogP contribution in [0.4, 0.5) is 0 Å². The number of carbonyl (C=O) groups excluding carboxylic acids is 1. The van der Waals surface area contributed by atoms with Crippen molar-refractivity contribution in [2.24, 2.45) is 0 Å². The van der Waals surface area contributed by atoms with E-state index in [9.17, 15) is 19.8 Å². The lowest BCUT2D eigenvalue weighted by molar-refractivity contribution is 0.0693. The third-order valence-electron chi connectivity index (χ3n) is 2.91. The SMILES string of the molecule is O=C(O)c1cc(C(=O)C=Cc2ccc(Cl)cc2)c(O)cc1O. The Morgan fingerprint density at radius 2 is 1.55 bits per heavy atom. The molecule has 0 atom stereocenters. The maximum absolute atomic E-state index is 12.0. The number of aromatic carboxylic acids is 1. The number of ketones is 1. The lowest BCUT2D eigenvalue weighted by Gasteiger charge is -2.05. The Morgan fingerprint density at radius 3 is 2.14 bits per heavy atom. The smallest absolute Gasteiger partial charge is 0.339 e. The second kappa shape index (κ2) is 6.32. The Hall–Kier alpha value is -2.79. The van der Waals surface area contributed by atoms with Gasteiger partial charge in [0, 0.05) is 11.1 Å². The maximum Gasteiger partial charge on any atom is 0.339 e. The standard InChI is InChI=1S/C16H11ClO5/c17-10-4-1-9(2-5-10)3-6-13(18)11-7-12(16(21)22)15(20)8-14(11)19/h1-8,19-20H,(H,21,22). The average Bonchev–Trinajstić information content (AvgIpc) is 2.46. The molecule has 2 rings (SSSR count). The molecule has 0 fully saturated rings. The number of allylic oxidation sites excluding steroid dienone is 1. The van der Waals surface area contributed by atoms with E-state index < -0.39 is 28.8 Å². The second-order valence-corrected chi connectivity index (χ2v) is 4.88. The first-order valence-electron chi connectivity index (χ1n) is 6.15. The summed E-state index contributed by atoms with van der Waals surface area (Å²) in [5.74, 6) is -3.08. The third-order valence-corrected chi connectivity index (χ3v) is 3.16. The molecule has 0 amide bonds. The van der Waals surface area contributed by atoms with Gasteiger partial charge in [0.2, 0.25) is 0 Å². The first-order chi connectivity index (χ1) is 10.4. The number of halogens is 1. The van der Waals surface area contributed by atoms with Crippen LogP contribution in [-0.4, -0.2) is 27.1 Å². The molecule has 0 radical (unpaired) electrons. The molecule has 0 saturated carbocycles. The second-order valence-electron chi connectivity index (χ2n) is 4.44. The first kappa shape index (κ1) is 15.6. The van der Waals surface area contributed by atoms with E-state index in [2.05, 4.69) is 0 Å². The molecule has 2 aromatic rings. The summed E-state index contributed by atoms with van der Waals surface area (Å²) in [7, 11) is 0. The topological polar surface area (TPSA) is 94.8 Å². The van der Waals surface area contributed by atoms with E-state index in [1.54, 1.807) is 24.3 Å². The van der Waals surface area contributed by atoms with Crippen molar-refractivity contribution in [3.8, 4) is 11.5 Å². The van der Waals surface area contributed by atoms with E-state index in [-0.39, 0.29) is 5.56 Å². The molecular formula is C16H11ClO5. The van der Waals surface area contributed by atoms with Gasteiger partial charge >= 0.3 is 5.97 Å². The van der Waals surface area contributed by atoms with Gasteiger partial charge in [0.1, 0.15) is 17.1 Å². The van der Waals surface area contributed by atoms with E-state index in [4.69, 9.17) is 16.7 Å². The lowest BCUT2D eigenvalue weighted by atomic mass is 10.0. The summed E-state index contributed by atoms with van der Waals surface area (Å²) in [5, 5.41) is 28.6. The highest BCUT2D eigenvalue weighted by Crippen LogP contribution is 2.28. The number of phenolic OH excluding ortho intramolecular Hbond substituents is 1. The number of hydrogen-bond acceptors (Lipinski definition) is 4. The number of aromatic hydroxyl groups is 2. The van der Waals surface area contributed by atoms with Gasteiger partial charge in [0.05, 0.1) is 5.56 Å². The minimum Gasteiger partial charge on any atom is -0.507 e. The van der Waals surface area contributed by atoms with Crippen LogP contribution in [0.25, 0.3) is 6.08 Å². The van der Waals surface area contributed by atoms with Crippen LogP contribution in [0.1, 0.15) is 26.3 Å². The Balaban J connectivity index is 2.31. The van der Waals surface area contributed by atoms with Crippen LogP contribution in [0.15, 0.2) is 42.5 Å². The predicted octanol–water partition coefficient (Wildman–Crippen LogP) is 3.35. The van der Waals surface area contributed by atoms with Crippen LogP contribution in [0.2, 0.25) is 5.02 Å². The Bertz CT molecular complexity index is 763. The van der Waals surface area contributed by atoms with Gasteiger partial charge in [-0.15, -0.1) is 0 Å². The molecule has 22 heavy (non-hydrogen) atoms. The zero-order valence-corrected chi connectivity index (χ0v) is 11.9. The highest BCUT2D eigenvalue weighted by atomic mass is 35.5. The van der Waals surface area contributed by atoms with Crippen molar-refractivity contribution in [2.75, 3.05) is 0 Å². The first-order valence-corrected chi connectivity index (χ1v) is 6.53. The van der Waals surface area contributed by atoms with E-state index in [0.717, 1.165) is 17.7 Å². The minimum atomic E-state index is -1.40. The fraction of sp³-hybridized carbons (Fsp3) is 0. The number of carboxylic acid groups (broad SMARTS) is 1. The highest BCUT2D eigenvalue weighted by Gasteiger charge is 2.17. The predicted molar refractivity (Wildman–Crippen MR) is 81.5 cm³/mol. The summed E-state index contributed by atoms with van der Waals surface area (Å²) < 4.78 is 0. The van der Waals surface area contributed by atoms with Crippen LogP contribution in [0.3, 0.4) is 0 Å². The van der Waals surface area contributed by atoms with Crippen LogP contribution in [-0.2, 0) is 0 Å². The van der Waals surface area contributed by atoms with Gasteiger partial charge in [-0.1, -0.05) is 29.8 Å². The van der Waals surface area contributed by atoms with Gasteiger partial charge in [-0.25, -0.2) is 4.79 Å². The van der Waals surface area contributed by atoms with Gasteiger partial charge in [-0.05, 0) is 29.8 Å². The van der Waals surface area contributed by atoms with E-state index in [0.29, 0.717) is 5.02 Å². The number of rotatable bonds is 4. The van der Waals surface area contributed by atoms with E-state index in [1.165, 1.54) is 12.2 Å². The molecule has 0 aliphatic heterocycles. The minimum absolute atomic E-state index is 0.208. The van der Waals surface area contributed by atoms with Gasteiger partial charge in [-0.2, -0.15) is 0 Å². The number of phenols is 2. The van der Waals surface area contributed by atoms with Gasteiger partial charge in [-0.3, -0.25) is 4.79 Å². The monoisotopic (exact) mass is 318 g/mol. The quantitative estimate of drug-likeness (QED) is 0.593. The summed E-state index contributed by atoms with van der Waals surface area (Å²) in [6.07, 6.45) is 2.70. The van der Waals surface area contributed by atoms with Gasteiger partial charge in [0.15, 0.2) is 5.78 Å². The van der Waals surface area contributed by atoms with Crippen molar-refractivity contribution >= 4 is 29.4 Å². The van der Waals surface area contributed by atoms with Crippen molar-refractivity contribution in [2.45, 2.75) is 0 Å². The number of benzene rings is 2. The maximum atomic E-state index is 12.0. The molecule has 0 saturated heterocycles. The third kappa shape index (κ3) is 3.45. The summed E-state index contributed by atoms with van der Waals surface area (Å²) in [4.78, 5) is 23.0. The van der Waals surface area contributed by atoms with E-state index >= 15 is 0 Å².